The number of nitrogens with zero attached hydrogens (tertiary/aromatic N) is 2. The van der Waals surface area contributed by atoms with Crippen LogP contribution in [0.15, 0.2) is 22.0 Å². The smallest absolute Gasteiger partial charge is 0.223 e. The van der Waals surface area contributed by atoms with E-state index in [1.54, 1.807) is 11.3 Å². The molecule has 0 radical (unpaired) electrons. The first kappa shape index (κ1) is 13.4. The van der Waals surface area contributed by atoms with Crippen molar-refractivity contribution in [1.29, 1.82) is 0 Å². The highest BCUT2D eigenvalue weighted by molar-refractivity contribution is 7.10. The number of carbonyl (C=O) groups is 1. The van der Waals surface area contributed by atoms with Crippen molar-refractivity contribution < 1.29 is 9.32 Å². The Bertz CT molecular complexity index is 584. The summed E-state index contributed by atoms with van der Waals surface area (Å²) in [6, 6.07) is 4.46. The maximum Gasteiger partial charge on any atom is 0.223 e. The minimum atomic E-state index is 0.231. The number of hydrogen-bond acceptors (Lipinski definition) is 4. The number of aryl methyl sites for hydroxylation is 2. The maximum absolute atomic E-state index is 12.3. The van der Waals surface area contributed by atoms with E-state index in [4.69, 9.17) is 4.52 Å². The van der Waals surface area contributed by atoms with E-state index < -0.39 is 0 Å². The summed E-state index contributed by atoms with van der Waals surface area (Å²) in [4.78, 5) is 15.6. The Hall–Kier alpha value is -1.62. The van der Waals surface area contributed by atoms with Gasteiger partial charge in [0.05, 0.1) is 11.7 Å². The minimum Gasteiger partial charge on any atom is -0.361 e. The van der Waals surface area contributed by atoms with Gasteiger partial charge in [0, 0.05) is 23.4 Å². The molecule has 2 aromatic heterocycles. The van der Waals surface area contributed by atoms with E-state index in [1.165, 1.54) is 4.88 Å². The molecule has 0 aromatic carbocycles. The van der Waals surface area contributed by atoms with Gasteiger partial charge in [0.2, 0.25) is 5.91 Å². The summed E-state index contributed by atoms with van der Waals surface area (Å²) < 4.78 is 5.14. The summed E-state index contributed by atoms with van der Waals surface area (Å²) in [5, 5.41) is 6.00. The van der Waals surface area contributed by atoms with Gasteiger partial charge in [-0.3, -0.25) is 4.79 Å². The van der Waals surface area contributed by atoms with E-state index in [0.29, 0.717) is 18.9 Å². The maximum atomic E-state index is 12.3. The van der Waals surface area contributed by atoms with E-state index >= 15 is 0 Å². The molecule has 1 aliphatic rings. The Balaban J connectivity index is 1.60. The number of amides is 1. The van der Waals surface area contributed by atoms with Crippen molar-refractivity contribution in [3.05, 3.63) is 39.4 Å². The van der Waals surface area contributed by atoms with E-state index in [2.05, 4.69) is 16.6 Å². The first-order chi connectivity index (χ1) is 9.66. The van der Waals surface area contributed by atoms with Crippen molar-refractivity contribution in [3.63, 3.8) is 0 Å². The largest absolute Gasteiger partial charge is 0.361 e. The number of aromatic nitrogens is 1. The molecule has 0 spiro atoms. The van der Waals surface area contributed by atoms with Crippen LogP contribution in [0.2, 0.25) is 0 Å². The molecular formula is C15H18N2O2S. The van der Waals surface area contributed by atoms with Gasteiger partial charge in [-0.15, -0.1) is 11.3 Å². The third kappa shape index (κ3) is 2.38. The van der Waals surface area contributed by atoms with E-state index in [9.17, 15) is 4.79 Å². The van der Waals surface area contributed by atoms with Crippen molar-refractivity contribution in [2.24, 2.45) is 0 Å². The van der Waals surface area contributed by atoms with E-state index in [1.807, 2.05) is 24.8 Å². The van der Waals surface area contributed by atoms with Crippen molar-refractivity contribution in [1.82, 2.24) is 10.1 Å². The lowest BCUT2D eigenvalue weighted by Crippen LogP contribution is -2.44. The number of likely N-dealkylation sites (tertiary alicyclic amines) is 1. The van der Waals surface area contributed by atoms with Crippen LogP contribution in [0.1, 0.15) is 40.8 Å². The lowest BCUT2D eigenvalue weighted by atomic mass is 9.99. The summed E-state index contributed by atoms with van der Waals surface area (Å²) in [5.74, 6) is 1.06. The van der Waals surface area contributed by atoms with E-state index in [0.717, 1.165) is 30.0 Å². The summed E-state index contributed by atoms with van der Waals surface area (Å²) in [6.45, 7) is 4.70. The van der Waals surface area contributed by atoms with Gasteiger partial charge in [-0.25, -0.2) is 0 Å². The van der Waals surface area contributed by atoms with Crippen LogP contribution >= 0.6 is 11.3 Å². The average Bonchev–Trinajstić information content (AvgIpc) is 2.98. The summed E-state index contributed by atoms with van der Waals surface area (Å²) in [6.07, 6.45) is 2.33. The first-order valence-electron chi connectivity index (χ1n) is 6.91. The molecule has 1 aliphatic heterocycles. The topological polar surface area (TPSA) is 46.3 Å². The molecule has 1 atom stereocenters. The molecule has 1 saturated heterocycles. The van der Waals surface area contributed by atoms with Gasteiger partial charge in [-0.2, -0.15) is 0 Å². The standard InChI is InChI=1S/C15H18N2O2S/c1-10-12(11(2)19-16-10)5-6-15(18)17-8-7-13(17)14-4-3-9-20-14/h3-4,9,13H,5-8H2,1-2H3/t13-/m1/s1. The number of rotatable bonds is 4. The predicted molar refractivity (Wildman–Crippen MR) is 77.7 cm³/mol. The van der Waals surface area contributed by atoms with Crippen molar-refractivity contribution in [2.75, 3.05) is 6.54 Å². The number of carbonyl (C=O) groups excluding carboxylic acids is 1. The third-order valence-electron chi connectivity index (χ3n) is 3.98. The molecule has 1 amide bonds. The van der Waals surface area contributed by atoms with Gasteiger partial charge in [0.15, 0.2) is 0 Å². The Kier molecular flexibility index (Phi) is 3.61. The van der Waals surface area contributed by atoms with Crippen LogP contribution in [0, 0.1) is 13.8 Å². The molecule has 1 fully saturated rings. The molecule has 106 valence electrons. The minimum absolute atomic E-state index is 0.231. The predicted octanol–water partition coefficient (Wildman–Crippen LogP) is 3.26. The van der Waals surface area contributed by atoms with Crippen molar-refractivity contribution in [2.45, 2.75) is 39.2 Å². The van der Waals surface area contributed by atoms with Crippen LogP contribution in [0.3, 0.4) is 0 Å². The highest BCUT2D eigenvalue weighted by atomic mass is 32.1. The second-order valence-electron chi connectivity index (χ2n) is 5.21. The van der Waals surface area contributed by atoms with Crippen molar-refractivity contribution >= 4 is 17.2 Å². The molecule has 4 nitrogen and oxygen atoms in total. The van der Waals surface area contributed by atoms with Crippen LogP contribution in [-0.4, -0.2) is 22.5 Å². The molecule has 3 rings (SSSR count). The average molecular weight is 290 g/mol. The summed E-state index contributed by atoms with van der Waals surface area (Å²) >= 11 is 1.73. The van der Waals surface area contributed by atoms with Gasteiger partial charge in [0.1, 0.15) is 5.76 Å². The van der Waals surface area contributed by atoms with Gasteiger partial charge >= 0.3 is 0 Å². The second kappa shape index (κ2) is 5.40. The third-order valence-corrected chi connectivity index (χ3v) is 4.96. The number of hydrogen-bond donors (Lipinski definition) is 0. The zero-order chi connectivity index (χ0) is 14.1. The normalized spacial score (nSPS) is 18.1. The molecule has 2 aromatic rings. The first-order valence-corrected chi connectivity index (χ1v) is 7.79. The molecule has 5 heteroatoms. The molecule has 0 N–H and O–H groups in total. The van der Waals surface area contributed by atoms with Gasteiger partial charge in [-0.05, 0) is 38.1 Å². The molecule has 3 heterocycles. The van der Waals surface area contributed by atoms with Crippen LogP contribution in [0.4, 0.5) is 0 Å². The van der Waals surface area contributed by atoms with Gasteiger partial charge in [0.25, 0.3) is 0 Å². The molecule has 0 aliphatic carbocycles. The quantitative estimate of drug-likeness (QED) is 0.868. The Morgan fingerprint density at radius 3 is 2.95 bits per heavy atom. The van der Waals surface area contributed by atoms with Crippen LogP contribution in [0.5, 0.6) is 0 Å². The van der Waals surface area contributed by atoms with E-state index in [-0.39, 0.29) is 5.91 Å². The molecule has 0 unspecified atom stereocenters. The lowest BCUT2D eigenvalue weighted by Gasteiger charge is -2.40. The lowest BCUT2D eigenvalue weighted by molar-refractivity contribution is -0.139. The van der Waals surface area contributed by atoms with Gasteiger partial charge < -0.3 is 9.42 Å². The fraction of sp³-hybridized carbons (Fsp3) is 0.467. The molecular weight excluding hydrogens is 272 g/mol. The summed E-state index contributed by atoms with van der Waals surface area (Å²) in [7, 11) is 0. The molecule has 0 saturated carbocycles. The fourth-order valence-corrected chi connectivity index (χ4v) is 3.57. The van der Waals surface area contributed by atoms with Crippen LogP contribution in [0.25, 0.3) is 0 Å². The molecule has 0 bridgehead atoms. The SMILES string of the molecule is Cc1noc(C)c1CCC(=O)N1CC[C@@H]1c1cccs1. The second-order valence-corrected chi connectivity index (χ2v) is 6.19. The highest BCUT2D eigenvalue weighted by Gasteiger charge is 2.33. The van der Waals surface area contributed by atoms with Crippen LogP contribution in [-0.2, 0) is 11.2 Å². The Morgan fingerprint density at radius 2 is 2.40 bits per heavy atom. The highest BCUT2D eigenvalue weighted by Crippen LogP contribution is 2.36. The zero-order valence-corrected chi connectivity index (χ0v) is 12.6. The molecule has 20 heavy (non-hydrogen) atoms. The Labute approximate surface area is 122 Å². The van der Waals surface area contributed by atoms with Crippen molar-refractivity contribution in [3.8, 4) is 0 Å². The van der Waals surface area contributed by atoms with Crippen LogP contribution < -0.4 is 0 Å². The number of thiophene rings is 1. The monoisotopic (exact) mass is 290 g/mol. The zero-order valence-electron chi connectivity index (χ0n) is 11.8. The Morgan fingerprint density at radius 1 is 1.55 bits per heavy atom. The summed E-state index contributed by atoms with van der Waals surface area (Å²) in [5.41, 5.74) is 1.97. The fourth-order valence-electron chi connectivity index (χ4n) is 2.70. The van der Waals surface area contributed by atoms with Gasteiger partial charge in [-0.1, -0.05) is 11.2 Å².